The van der Waals surface area contributed by atoms with Gasteiger partial charge in [-0.1, -0.05) is 6.07 Å². The highest BCUT2D eigenvalue weighted by Crippen LogP contribution is 2.25. The summed E-state index contributed by atoms with van der Waals surface area (Å²) in [5.74, 6) is -1.96. The molecular formula is C8H4F3I2NO. The SMILES string of the molecule is O=C(Nc1cccc(I)c1I)C(F)(F)F. The molecule has 1 amide bonds. The lowest BCUT2D eigenvalue weighted by molar-refractivity contribution is -0.167. The van der Waals surface area contributed by atoms with Crippen molar-refractivity contribution in [2.24, 2.45) is 0 Å². The zero-order chi connectivity index (χ0) is 11.6. The molecule has 82 valence electrons. The van der Waals surface area contributed by atoms with E-state index >= 15 is 0 Å². The van der Waals surface area contributed by atoms with Crippen LogP contribution in [0.5, 0.6) is 0 Å². The molecular weight excluding hydrogens is 437 g/mol. The second-order valence-corrected chi connectivity index (χ2v) is 4.79. The van der Waals surface area contributed by atoms with E-state index in [2.05, 4.69) is 0 Å². The van der Waals surface area contributed by atoms with Gasteiger partial charge >= 0.3 is 12.1 Å². The molecule has 0 saturated heterocycles. The highest BCUT2D eigenvalue weighted by Gasteiger charge is 2.38. The molecule has 0 fully saturated rings. The van der Waals surface area contributed by atoms with Crippen molar-refractivity contribution < 1.29 is 18.0 Å². The van der Waals surface area contributed by atoms with Crippen LogP contribution < -0.4 is 5.32 Å². The molecule has 0 heterocycles. The van der Waals surface area contributed by atoms with Crippen LogP contribution in [-0.4, -0.2) is 12.1 Å². The number of benzene rings is 1. The second-order valence-electron chi connectivity index (χ2n) is 2.55. The number of alkyl halides is 3. The lowest BCUT2D eigenvalue weighted by Crippen LogP contribution is -2.30. The highest BCUT2D eigenvalue weighted by molar-refractivity contribution is 14.1. The van der Waals surface area contributed by atoms with Crippen molar-refractivity contribution in [1.82, 2.24) is 0 Å². The fraction of sp³-hybridized carbons (Fsp3) is 0.125. The van der Waals surface area contributed by atoms with Crippen molar-refractivity contribution in [1.29, 1.82) is 0 Å². The highest BCUT2D eigenvalue weighted by atomic mass is 127. The van der Waals surface area contributed by atoms with Crippen LogP contribution in [0.3, 0.4) is 0 Å². The molecule has 0 aliphatic carbocycles. The number of rotatable bonds is 1. The Balaban J connectivity index is 2.91. The van der Waals surface area contributed by atoms with Crippen LogP contribution in [0, 0.1) is 7.14 Å². The van der Waals surface area contributed by atoms with Crippen molar-refractivity contribution in [3.63, 3.8) is 0 Å². The van der Waals surface area contributed by atoms with E-state index in [1.54, 1.807) is 12.1 Å². The molecule has 0 bridgehead atoms. The normalized spacial score (nSPS) is 11.3. The molecule has 0 unspecified atom stereocenters. The molecule has 0 aliphatic rings. The molecule has 0 aliphatic heterocycles. The largest absolute Gasteiger partial charge is 0.471 e. The van der Waals surface area contributed by atoms with Crippen molar-refractivity contribution in [3.8, 4) is 0 Å². The lowest BCUT2D eigenvalue weighted by atomic mass is 10.3. The Kier molecular flexibility index (Phi) is 4.20. The Hall–Kier alpha value is -0.0600. The minimum atomic E-state index is -4.86. The maximum Gasteiger partial charge on any atom is 0.471 e. The Labute approximate surface area is 111 Å². The summed E-state index contributed by atoms with van der Waals surface area (Å²) >= 11 is 3.85. The molecule has 0 atom stereocenters. The van der Waals surface area contributed by atoms with Gasteiger partial charge in [-0.25, -0.2) is 0 Å². The van der Waals surface area contributed by atoms with Gasteiger partial charge in [-0.3, -0.25) is 4.79 Å². The molecule has 0 spiro atoms. The summed E-state index contributed by atoms with van der Waals surface area (Å²) in [6.07, 6.45) is -4.86. The van der Waals surface area contributed by atoms with Gasteiger partial charge < -0.3 is 5.32 Å². The molecule has 1 aromatic rings. The third kappa shape index (κ3) is 3.47. The van der Waals surface area contributed by atoms with E-state index in [9.17, 15) is 18.0 Å². The Morgan fingerprint density at radius 3 is 2.40 bits per heavy atom. The van der Waals surface area contributed by atoms with Gasteiger partial charge in [-0.15, -0.1) is 0 Å². The molecule has 7 heteroatoms. The summed E-state index contributed by atoms with van der Waals surface area (Å²) in [6, 6.07) is 4.75. The van der Waals surface area contributed by atoms with Crippen LogP contribution in [0.1, 0.15) is 0 Å². The third-order valence-corrected chi connectivity index (χ3v) is 4.55. The van der Waals surface area contributed by atoms with Gasteiger partial charge in [-0.05, 0) is 57.3 Å². The number of hydrogen-bond acceptors (Lipinski definition) is 1. The van der Waals surface area contributed by atoms with Crippen LogP contribution in [0.4, 0.5) is 18.9 Å². The van der Waals surface area contributed by atoms with Gasteiger partial charge in [0, 0.05) is 7.14 Å². The van der Waals surface area contributed by atoms with E-state index in [0.29, 0.717) is 3.57 Å². The molecule has 15 heavy (non-hydrogen) atoms. The molecule has 2 nitrogen and oxygen atoms in total. The van der Waals surface area contributed by atoms with Gasteiger partial charge in [0.15, 0.2) is 0 Å². The van der Waals surface area contributed by atoms with E-state index in [1.807, 2.05) is 50.5 Å². The summed E-state index contributed by atoms with van der Waals surface area (Å²) in [5, 5.41) is 1.81. The molecule has 1 aromatic carbocycles. The first-order valence-corrected chi connectivity index (χ1v) is 5.80. The minimum absolute atomic E-state index is 0.171. The van der Waals surface area contributed by atoms with E-state index in [-0.39, 0.29) is 5.69 Å². The van der Waals surface area contributed by atoms with Gasteiger partial charge in [0.1, 0.15) is 0 Å². The van der Waals surface area contributed by atoms with Gasteiger partial charge in [0.25, 0.3) is 0 Å². The summed E-state index contributed by atoms with van der Waals surface area (Å²) in [4.78, 5) is 10.7. The van der Waals surface area contributed by atoms with Crippen LogP contribution in [-0.2, 0) is 4.79 Å². The zero-order valence-corrected chi connectivity index (χ0v) is 11.3. The minimum Gasteiger partial charge on any atom is -0.317 e. The Morgan fingerprint density at radius 2 is 1.87 bits per heavy atom. The first kappa shape index (κ1) is 13.0. The fourth-order valence-electron chi connectivity index (χ4n) is 0.794. The van der Waals surface area contributed by atoms with Crippen molar-refractivity contribution >= 4 is 56.8 Å². The smallest absolute Gasteiger partial charge is 0.317 e. The predicted molar refractivity (Wildman–Crippen MR) is 66.6 cm³/mol. The predicted octanol–water partition coefficient (Wildman–Crippen LogP) is 3.40. The van der Waals surface area contributed by atoms with Crippen molar-refractivity contribution in [3.05, 3.63) is 25.3 Å². The van der Waals surface area contributed by atoms with Gasteiger partial charge in [-0.2, -0.15) is 13.2 Å². The molecule has 0 aromatic heterocycles. The first-order valence-electron chi connectivity index (χ1n) is 3.64. The summed E-state index contributed by atoms with van der Waals surface area (Å²) in [5.41, 5.74) is 0.171. The van der Waals surface area contributed by atoms with Crippen LogP contribution in [0.2, 0.25) is 0 Å². The summed E-state index contributed by atoms with van der Waals surface area (Å²) < 4.78 is 37.2. The second kappa shape index (κ2) is 4.85. The van der Waals surface area contributed by atoms with E-state index in [1.165, 1.54) is 6.07 Å². The maximum absolute atomic E-state index is 12.0. The van der Waals surface area contributed by atoms with Gasteiger partial charge in [0.2, 0.25) is 0 Å². The van der Waals surface area contributed by atoms with E-state index in [0.717, 1.165) is 3.57 Å². The number of amides is 1. The summed E-state index contributed by atoms with van der Waals surface area (Å²) in [7, 11) is 0. The van der Waals surface area contributed by atoms with Crippen LogP contribution >= 0.6 is 45.2 Å². The molecule has 0 saturated carbocycles. The average Bonchev–Trinajstić information content (AvgIpc) is 2.11. The quantitative estimate of drug-likeness (QED) is 0.666. The number of carbonyl (C=O) groups excluding carboxylic acids is 1. The number of nitrogens with one attached hydrogen (secondary N) is 1. The number of hydrogen-bond donors (Lipinski definition) is 1. The van der Waals surface area contributed by atoms with E-state index in [4.69, 9.17) is 0 Å². The number of carbonyl (C=O) groups is 1. The van der Waals surface area contributed by atoms with Gasteiger partial charge in [0.05, 0.1) is 5.69 Å². The molecule has 0 radical (unpaired) electrons. The standard InChI is InChI=1S/C8H4F3I2NO/c9-8(10,11)7(15)14-5-3-1-2-4(12)6(5)13/h1-3H,(H,14,15). The van der Waals surface area contributed by atoms with Crippen molar-refractivity contribution in [2.75, 3.05) is 5.32 Å². The fourth-order valence-corrected chi connectivity index (χ4v) is 1.79. The monoisotopic (exact) mass is 441 g/mol. The molecule has 1 rings (SSSR count). The maximum atomic E-state index is 12.0. The van der Waals surface area contributed by atoms with Crippen LogP contribution in [0.15, 0.2) is 18.2 Å². The van der Waals surface area contributed by atoms with Crippen molar-refractivity contribution in [2.45, 2.75) is 6.18 Å². The lowest BCUT2D eigenvalue weighted by Gasteiger charge is -2.10. The zero-order valence-electron chi connectivity index (χ0n) is 7.03. The Morgan fingerprint density at radius 1 is 1.27 bits per heavy atom. The molecule has 1 N–H and O–H groups in total. The summed E-state index contributed by atoms with van der Waals surface area (Å²) in [6.45, 7) is 0. The topological polar surface area (TPSA) is 29.1 Å². The van der Waals surface area contributed by atoms with Crippen LogP contribution in [0.25, 0.3) is 0 Å². The third-order valence-electron chi connectivity index (χ3n) is 1.46. The van der Waals surface area contributed by atoms with E-state index < -0.39 is 12.1 Å². The number of halogens is 5. The Bertz CT molecular complexity index is 392. The first-order chi connectivity index (χ1) is 6.82. The number of anilines is 1. The average molecular weight is 441 g/mol.